The maximum atomic E-state index is 12.9. The van der Waals surface area contributed by atoms with E-state index in [1.54, 1.807) is 6.07 Å². The molecule has 0 spiro atoms. The van der Waals surface area contributed by atoms with Gasteiger partial charge in [0, 0.05) is 68.5 Å². The first-order valence-corrected chi connectivity index (χ1v) is 12.2. The Labute approximate surface area is 205 Å². The molecule has 0 bridgehead atoms. The van der Waals surface area contributed by atoms with Crippen LogP contribution in [0.15, 0.2) is 30.5 Å². The Morgan fingerprint density at radius 3 is 2.59 bits per heavy atom. The Hall–Kier alpha value is -2.95. The smallest absolute Gasteiger partial charge is 0.320 e. The molecule has 0 radical (unpaired) electrons. The van der Waals surface area contributed by atoms with Gasteiger partial charge in [-0.3, -0.25) is 9.69 Å². The summed E-state index contributed by atoms with van der Waals surface area (Å²) >= 11 is 6.44. The molecule has 0 saturated carbocycles. The quantitative estimate of drug-likeness (QED) is 0.604. The molecule has 0 aliphatic carbocycles. The minimum Gasteiger partial charge on any atom is -0.325 e. The van der Waals surface area contributed by atoms with Crippen molar-refractivity contribution in [3.05, 3.63) is 63.4 Å². The average molecular weight is 480 g/mol. The fraction of sp³-hybridized carbons (Fsp3) is 0.462. The molecule has 2 fully saturated rings. The summed E-state index contributed by atoms with van der Waals surface area (Å²) in [6, 6.07) is 9.25. The Bertz CT molecular complexity index is 1120. The van der Waals surface area contributed by atoms with E-state index in [1.165, 1.54) is 12.3 Å². The first-order chi connectivity index (χ1) is 16.4. The zero-order valence-electron chi connectivity index (χ0n) is 19.8. The Morgan fingerprint density at radius 2 is 1.88 bits per heavy atom. The number of aromatic nitrogens is 1. The van der Waals surface area contributed by atoms with Crippen LogP contribution < -0.4 is 0 Å². The lowest BCUT2D eigenvalue weighted by molar-refractivity contribution is 0.0814. The summed E-state index contributed by atoms with van der Waals surface area (Å²) in [6.45, 7) is 8.91. The number of ketones is 1. The molecule has 2 aromatic rings. The second kappa shape index (κ2) is 10.5. The molecule has 8 heteroatoms. The third kappa shape index (κ3) is 5.40. The van der Waals surface area contributed by atoms with E-state index in [4.69, 9.17) is 16.9 Å². The third-order valence-corrected chi connectivity index (χ3v) is 7.08. The van der Waals surface area contributed by atoms with Crippen LogP contribution in [0.3, 0.4) is 0 Å². The summed E-state index contributed by atoms with van der Waals surface area (Å²) < 4.78 is 0. The van der Waals surface area contributed by atoms with Crippen LogP contribution in [0.1, 0.15) is 52.5 Å². The lowest BCUT2D eigenvalue weighted by atomic mass is 9.95. The molecule has 1 aromatic carbocycles. The van der Waals surface area contributed by atoms with Gasteiger partial charge in [-0.05, 0) is 67.6 Å². The maximum absolute atomic E-state index is 12.9. The number of likely N-dealkylation sites (tertiary alicyclic amines) is 1. The molecule has 178 valence electrons. The monoisotopic (exact) mass is 479 g/mol. The topological polar surface area (TPSA) is 80.5 Å². The van der Waals surface area contributed by atoms with Crippen molar-refractivity contribution in [2.24, 2.45) is 0 Å². The van der Waals surface area contributed by atoms with Crippen LogP contribution in [0.25, 0.3) is 0 Å². The number of rotatable bonds is 5. The van der Waals surface area contributed by atoms with Gasteiger partial charge in [0.15, 0.2) is 5.78 Å². The molecular weight excluding hydrogens is 450 g/mol. The Morgan fingerprint density at radius 1 is 1.15 bits per heavy atom. The molecule has 2 aliphatic rings. The summed E-state index contributed by atoms with van der Waals surface area (Å²) in [5, 5.41) is 9.66. The number of hydrogen-bond acceptors (Lipinski definition) is 5. The minimum atomic E-state index is -0.0714. The molecule has 1 aromatic heterocycles. The van der Waals surface area contributed by atoms with E-state index >= 15 is 0 Å². The molecule has 0 N–H and O–H groups in total. The highest BCUT2D eigenvalue weighted by Crippen LogP contribution is 2.25. The second-order valence-electron chi connectivity index (χ2n) is 9.24. The van der Waals surface area contributed by atoms with Crippen molar-refractivity contribution in [3.63, 3.8) is 0 Å². The molecule has 3 heterocycles. The first kappa shape index (κ1) is 24.2. The van der Waals surface area contributed by atoms with E-state index in [0.717, 1.165) is 62.3 Å². The predicted octanol–water partition coefficient (Wildman–Crippen LogP) is 4.06. The van der Waals surface area contributed by atoms with Crippen LogP contribution in [-0.2, 0) is 13.0 Å². The first-order valence-electron chi connectivity index (χ1n) is 11.8. The van der Waals surface area contributed by atoms with Crippen LogP contribution in [-0.4, -0.2) is 70.3 Å². The van der Waals surface area contributed by atoms with Crippen molar-refractivity contribution in [2.45, 2.75) is 45.7 Å². The summed E-state index contributed by atoms with van der Waals surface area (Å²) in [7, 11) is 0. The number of nitrogens with zero attached hydrogens (tertiary/aromatic N) is 5. The number of benzene rings is 1. The van der Waals surface area contributed by atoms with Crippen molar-refractivity contribution in [3.8, 4) is 6.07 Å². The largest absolute Gasteiger partial charge is 0.325 e. The Kier molecular flexibility index (Phi) is 7.50. The molecule has 2 aliphatic heterocycles. The van der Waals surface area contributed by atoms with E-state index in [9.17, 15) is 9.59 Å². The van der Waals surface area contributed by atoms with Gasteiger partial charge in [0.1, 0.15) is 11.8 Å². The van der Waals surface area contributed by atoms with Gasteiger partial charge in [0.2, 0.25) is 0 Å². The van der Waals surface area contributed by atoms with Gasteiger partial charge in [-0.25, -0.2) is 9.78 Å². The van der Waals surface area contributed by atoms with Crippen LogP contribution in [0.5, 0.6) is 0 Å². The number of hydrogen-bond donors (Lipinski definition) is 0. The zero-order valence-corrected chi connectivity index (χ0v) is 20.5. The third-order valence-electron chi connectivity index (χ3n) is 6.86. The lowest BCUT2D eigenvalue weighted by Crippen LogP contribution is -2.56. The van der Waals surface area contributed by atoms with Gasteiger partial charge in [0.05, 0.1) is 0 Å². The van der Waals surface area contributed by atoms with Gasteiger partial charge < -0.3 is 9.80 Å². The number of amides is 2. The molecule has 0 unspecified atom stereocenters. The van der Waals surface area contributed by atoms with Crippen molar-refractivity contribution in [2.75, 3.05) is 32.7 Å². The molecule has 34 heavy (non-hydrogen) atoms. The Balaban J connectivity index is 1.43. The van der Waals surface area contributed by atoms with Crippen LogP contribution in [0, 0.1) is 18.3 Å². The van der Waals surface area contributed by atoms with E-state index in [1.807, 2.05) is 34.9 Å². The summed E-state index contributed by atoms with van der Waals surface area (Å²) in [6.07, 6.45) is 3.89. The van der Waals surface area contributed by atoms with Gasteiger partial charge in [0.25, 0.3) is 0 Å². The summed E-state index contributed by atoms with van der Waals surface area (Å²) in [5.41, 5.74) is 3.73. The highest BCUT2D eigenvalue weighted by molar-refractivity contribution is 6.30. The molecular formula is C26H30ClN5O2. The number of carbonyl (C=O) groups excluding carboxylic acids is 2. The number of Topliss-reactive ketones (excluding diaryl/α,β-unsaturated/α-hetero) is 1. The number of piperazine rings is 1. The van der Waals surface area contributed by atoms with Crippen LogP contribution in [0.4, 0.5) is 4.79 Å². The van der Waals surface area contributed by atoms with E-state index in [-0.39, 0.29) is 30.0 Å². The van der Waals surface area contributed by atoms with Gasteiger partial charge in [-0.1, -0.05) is 11.6 Å². The number of urea groups is 1. The van der Waals surface area contributed by atoms with Crippen molar-refractivity contribution >= 4 is 23.4 Å². The average Bonchev–Trinajstić information content (AvgIpc) is 3.37. The molecule has 1 atom stereocenters. The normalized spacial score (nSPS) is 18.7. The van der Waals surface area contributed by atoms with E-state index in [0.29, 0.717) is 17.1 Å². The van der Waals surface area contributed by atoms with Gasteiger partial charge >= 0.3 is 6.03 Å². The van der Waals surface area contributed by atoms with E-state index in [2.05, 4.69) is 16.8 Å². The van der Waals surface area contributed by atoms with Crippen LogP contribution in [0.2, 0.25) is 5.02 Å². The van der Waals surface area contributed by atoms with Crippen LogP contribution >= 0.6 is 11.6 Å². The van der Waals surface area contributed by atoms with Crippen molar-refractivity contribution in [1.29, 1.82) is 5.26 Å². The zero-order chi connectivity index (χ0) is 24.2. The SMILES string of the molecule is Cc1c(CC(=O)c2ccnc(C#N)c2)cc(Cl)cc1CN1CCN(C(=O)N2CCCC2)[C@@H](C)C1. The predicted molar refractivity (Wildman–Crippen MR) is 131 cm³/mol. The fourth-order valence-electron chi connectivity index (χ4n) is 4.88. The highest BCUT2D eigenvalue weighted by Gasteiger charge is 2.31. The summed E-state index contributed by atoms with van der Waals surface area (Å²) in [5.74, 6) is -0.0714. The molecule has 2 saturated heterocycles. The fourth-order valence-corrected chi connectivity index (χ4v) is 5.14. The van der Waals surface area contributed by atoms with Crippen molar-refractivity contribution < 1.29 is 9.59 Å². The molecule has 2 amide bonds. The molecule has 7 nitrogen and oxygen atoms in total. The maximum Gasteiger partial charge on any atom is 0.320 e. The van der Waals surface area contributed by atoms with Crippen molar-refractivity contribution in [1.82, 2.24) is 19.7 Å². The highest BCUT2D eigenvalue weighted by atomic mass is 35.5. The minimum absolute atomic E-state index is 0.0714. The number of halogens is 1. The number of pyridine rings is 1. The van der Waals surface area contributed by atoms with E-state index < -0.39 is 0 Å². The number of carbonyl (C=O) groups is 2. The molecule has 4 rings (SSSR count). The number of nitriles is 1. The van der Waals surface area contributed by atoms with Gasteiger partial charge in [-0.2, -0.15) is 5.26 Å². The lowest BCUT2D eigenvalue weighted by Gasteiger charge is -2.41. The summed E-state index contributed by atoms with van der Waals surface area (Å²) in [4.78, 5) is 36.0. The van der Waals surface area contributed by atoms with Gasteiger partial charge in [-0.15, -0.1) is 0 Å². The second-order valence-corrected chi connectivity index (χ2v) is 9.68. The standard InChI is InChI=1S/C26H30ClN5O2/c1-18-16-30(9-10-32(18)26(34)31-7-3-4-8-31)17-22-12-23(27)11-21(19(22)2)14-25(33)20-5-6-29-24(13-20)15-28/h5-6,11-13,18H,3-4,7-10,14,16-17H2,1-2H3/t18-/m0/s1.